The molecule has 4 heterocycles. The van der Waals surface area contributed by atoms with Crippen molar-refractivity contribution >= 4 is 33.5 Å². The molecule has 0 fully saturated rings. The molecule has 0 aliphatic carbocycles. The van der Waals surface area contributed by atoms with Crippen molar-refractivity contribution in [2.75, 3.05) is 19.4 Å². The zero-order chi connectivity index (χ0) is 27.4. The number of amides is 1. The summed E-state index contributed by atoms with van der Waals surface area (Å²) in [5.74, 6) is 5.22. The normalized spacial score (nSPS) is 14.4. The van der Waals surface area contributed by atoms with Crippen LogP contribution in [0.25, 0.3) is 21.8 Å². The highest BCUT2D eigenvalue weighted by Gasteiger charge is 2.32. The van der Waals surface area contributed by atoms with Gasteiger partial charge in [0.15, 0.2) is 0 Å². The fraction of sp³-hybridized carbons (Fsp3) is 0.185. The van der Waals surface area contributed by atoms with Gasteiger partial charge in [0, 0.05) is 42.9 Å². The molecule has 0 radical (unpaired) electrons. The number of halogens is 3. The summed E-state index contributed by atoms with van der Waals surface area (Å²) in [6, 6.07) is 7.46. The third-order valence-electron chi connectivity index (χ3n) is 6.74. The first-order valence-corrected chi connectivity index (χ1v) is 11.8. The van der Waals surface area contributed by atoms with Gasteiger partial charge in [0.25, 0.3) is 5.91 Å². The molecule has 1 aliphatic heterocycles. The number of carbonyl (C=O) groups is 1. The molecule has 0 spiro atoms. The Labute approximate surface area is 219 Å². The first-order chi connectivity index (χ1) is 18.7. The van der Waals surface area contributed by atoms with Crippen molar-refractivity contribution in [3.63, 3.8) is 0 Å². The Morgan fingerprint density at radius 2 is 1.95 bits per heavy atom. The van der Waals surface area contributed by atoms with Crippen LogP contribution >= 0.6 is 0 Å². The molecule has 0 saturated heterocycles. The van der Waals surface area contributed by atoms with E-state index in [2.05, 4.69) is 27.0 Å². The van der Waals surface area contributed by atoms with Gasteiger partial charge < -0.3 is 15.4 Å². The number of pyridine rings is 1. The molecule has 9 nitrogen and oxygen atoms in total. The number of benzene rings is 2. The van der Waals surface area contributed by atoms with E-state index in [4.69, 9.17) is 10.5 Å². The Balaban J connectivity index is 1.28. The molecule has 196 valence electrons. The molecule has 0 unspecified atom stereocenters. The highest BCUT2D eigenvalue weighted by Crippen LogP contribution is 2.37. The minimum absolute atomic E-state index is 0.112. The Kier molecular flexibility index (Phi) is 5.64. The van der Waals surface area contributed by atoms with Crippen LogP contribution < -0.4 is 10.5 Å². The van der Waals surface area contributed by atoms with Crippen LogP contribution in [-0.2, 0) is 7.05 Å². The van der Waals surface area contributed by atoms with E-state index >= 15 is 4.39 Å². The maximum Gasteiger partial charge on any atom is 0.333 e. The van der Waals surface area contributed by atoms with Gasteiger partial charge in [-0.2, -0.15) is 19.0 Å². The summed E-state index contributed by atoms with van der Waals surface area (Å²) in [5, 5.41) is 8.95. The van der Waals surface area contributed by atoms with E-state index in [1.807, 2.05) is 0 Å². The predicted molar refractivity (Wildman–Crippen MR) is 137 cm³/mol. The molecule has 6 rings (SSSR count). The van der Waals surface area contributed by atoms with Gasteiger partial charge in [0.1, 0.15) is 24.0 Å². The predicted octanol–water partition coefficient (Wildman–Crippen LogP) is 4.04. The van der Waals surface area contributed by atoms with E-state index in [0.717, 1.165) is 11.8 Å². The lowest BCUT2D eigenvalue weighted by Gasteiger charge is -2.24. The first kappa shape index (κ1) is 24.3. The number of hydrogen-bond acceptors (Lipinski definition) is 6. The minimum Gasteiger partial charge on any atom is -0.491 e. The topological polar surface area (TPSA) is 104 Å². The zero-order valence-electron chi connectivity index (χ0n) is 20.7. The molecule has 1 atom stereocenters. The molecule has 1 aliphatic rings. The second kappa shape index (κ2) is 9.05. The van der Waals surface area contributed by atoms with Crippen molar-refractivity contribution < 1.29 is 22.7 Å². The average molecular weight is 531 g/mol. The van der Waals surface area contributed by atoms with Gasteiger partial charge >= 0.3 is 6.55 Å². The Bertz CT molecular complexity index is 1850. The van der Waals surface area contributed by atoms with Crippen molar-refractivity contribution in [2.45, 2.75) is 12.6 Å². The smallest absolute Gasteiger partial charge is 0.333 e. The number of carbonyl (C=O) groups excluding carboxylic acids is 1. The number of hydrogen-bond donors (Lipinski definition) is 1. The molecule has 0 bridgehead atoms. The number of nitrogen functional groups attached to an aromatic ring is 1. The lowest BCUT2D eigenvalue weighted by Crippen LogP contribution is -2.32. The number of alkyl halides is 2. The molecule has 12 heteroatoms. The van der Waals surface area contributed by atoms with Gasteiger partial charge in [-0.1, -0.05) is 17.9 Å². The number of nitrogens with two attached hydrogens (primary N) is 1. The Morgan fingerprint density at radius 1 is 1.15 bits per heavy atom. The number of aromatic nitrogens is 5. The summed E-state index contributed by atoms with van der Waals surface area (Å²) in [7, 11) is 3.32. The molecule has 39 heavy (non-hydrogen) atoms. The number of aryl methyl sites for hydroxylation is 1. The minimum atomic E-state index is -2.74. The third-order valence-corrected chi connectivity index (χ3v) is 6.74. The Morgan fingerprint density at radius 3 is 2.72 bits per heavy atom. The van der Waals surface area contributed by atoms with Crippen LogP contribution in [0.2, 0.25) is 0 Å². The first-order valence-electron chi connectivity index (χ1n) is 11.8. The molecule has 3 aromatic heterocycles. The van der Waals surface area contributed by atoms with Crippen molar-refractivity contribution in [2.24, 2.45) is 7.05 Å². The van der Waals surface area contributed by atoms with Crippen molar-refractivity contribution in [3.05, 3.63) is 77.0 Å². The van der Waals surface area contributed by atoms with Gasteiger partial charge in [-0.05, 0) is 18.2 Å². The number of fused-ring (bicyclic) bond motifs is 4. The summed E-state index contributed by atoms with van der Waals surface area (Å²) < 4.78 is 48.5. The second-order valence-corrected chi connectivity index (χ2v) is 9.11. The van der Waals surface area contributed by atoms with Crippen LogP contribution in [0, 0.1) is 17.7 Å². The van der Waals surface area contributed by atoms with E-state index in [0.29, 0.717) is 43.4 Å². The number of anilines is 1. The fourth-order valence-corrected chi connectivity index (χ4v) is 4.72. The quantitative estimate of drug-likeness (QED) is 0.353. The molecular formula is C27H20F3N7O2. The van der Waals surface area contributed by atoms with Gasteiger partial charge in [-0.3, -0.25) is 9.48 Å². The van der Waals surface area contributed by atoms with E-state index in [-0.39, 0.29) is 18.0 Å². The van der Waals surface area contributed by atoms with Crippen LogP contribution in [0.1, 0.15) is 39.6 Å². The zero-order valence-corrected chi connectivity index (χ0v) is 20.7. The highest BCUT2D eigenvalue weighted by atomic mass is 19.3. The third kappa shape index (κ3) is 4.08. The van der Waals surface area contributed by atoms with E-state index in [1.54, 1.807) is 43.2 Å². The van der Waals surface area contributed by atoms with Gasteiger partial charge in [0.05, 0.1) is 46.0 Å². The van der Waals surface area contributed by atoms with E-state index in [9.17, 15) is 13.6 Å². The molecule has 0 saturated carbocycles. The maximum absolute atomic E-state index is 15.2. The molecule has 2 N–H and O–H groups in total. The number of nitrogens with zero attached hydrogens (tertiary/aromatic N) is 6. The van der Waals surface area contributed by atoms with Gasteiger partial charge in [-0.15, -0.1) is 0 Å². The average Bonchev–Trinajstić information content (AvgIpc) is 3.65. The van der Waals surface area contributed by atoms with Crippen LogP contribution in [0.4, 0.5) is 19.0 Å². The lowest BCUT2D eigenvalue weighted by molar-refractivity contribution is 0.0565. The SMILES string of the molecule is CN(C(=O)c1cc2c(cc1F)nc(N)c1cnn(C)c12)[C@@H]1COc2cc(C#Cc3cnn(C(F)F)c3)ccc21. The van der Waals surface area contributed by atoms with Crippen LogP contribution in [-0.4, -0.2) is 49.0 Å². The summed E-state index contributed by atoms with van der Waals surface area (Å²) in [6.07, 6.45) is 4.00. The largest absolute Gasteiger partial charge is 0.491 e. The summed E-state index contributed by atoms with van der Waals surface area (Å²) >= 11 is 0. The summed E-state index contributed by atoms with van der Waals surface area (Å²) in [5.41, 5.74) is 8.57. The van der Waals surface area contributed by atoms with Crippen LogP contribution in [0.3, 0.4) is 0 Å². The molecule has 5 aromatic rings. The van der Waals surface area contributed by atoms with Gasteiger partial charge in [-0.25, -0.2) is 14.1 Å². The van der Waals surface area contributed by atoms with Crippen molar-refractivity contribution in [3.8, 4) is 17.6 Å². The van der Waals surface area contributed by atoms with Crippen molar-refractivity contribution in [1.29, 1.82) is 0 Å². The van der Waals surface area contributed by atoms with E-state index < -0.39 is 24.3 Å². The number of likely N-dealkylation sites (N-methyl/N-ethyl adjacent to an activating group) is 1. The molecule has 1 amide bonds. The van der Waals surface area contributed by atoms with E-state index in [1.165, 1.54) is 23.2 Å². The summed E-state index contributed by atoms with van der Waals surface area (Å²) in [4.78, 5) is 19.2. The lowest BCUT2D eigenvalue weighted by atomic mass is 10.0. The Hall–Kier alpha value is -5.05. The summed E-state index contributed by atoms with van der Waals surface area (Å²) in [6.45, 7) is -2.56. The maximum atomic E-state index is 15.2. The molecular weight excluding hydrogens is 511 g/mol. The highest BCUT2D eigenvalue weighted by molar-refractivity contribution is 6.10. The monoisotopic (exact) mass is 531 g/mol. The number of ether oxygens (including phenoxy) is 1. The fourth-order valence-electron chi connectivity index (χ4n) is 4.72. The molecule has 2 aromatic carbocycles. The second-order valence-electron chi connectivity index (χ2n) is 9.11. The van der Waals surface area contributed by atoms with Gasteiger partial charge in [0.2, 0.25) is 0 Å². The van der Waals surface area contributed by atoms with Crippen LogP contribution in [0.5, 0.6) is 5.75 Å². The van der Waals surface area contributed by atoms with Crippen molar-refractivity contribution in [1.82, 2.24) is 29.4 Å². The standard InChI is InChI=1S/C27H20F3N7O2/c1-35(26(38)17-8-18-21(9-20(17)28)34-25(31)19-11-32-36(2)24(18)19)22-13-39-23-7-14(5-6-16(22)23)3-4-15-10-33-37(12-15)27(29)30/h5-12,22,27H,13H2,1-2H3,(H2,31,34)/t22-/m1/s1. The number of rotatable bonds is 3. The van der Waals surface area contributed by atoms with Crippen LogP contribution in [0.15, 0.2) is 48.9 Å².